The van der Waals surface area contributed by atoms with E-state index in [1.807, 2.05) is 12.4 Å². The van der Waals surface area contributed by atoms with Crippen molar-refractivity contribution >= 4 is 22.9 Å². The molecule has 4 heteroatoms. The summed E-state index contributed by atoms with van der Waals surface area (Å²) < 4.78 is 2.35. The second kappa shape index (κ2) is 3.74. The molecule has 0 spiro atoms. The van der Waals surface area contributed by atoms with Crippen LogP contribution in [0.4, 0.5) is 0 Å². The molecule has 0 bridgehead atoms. The maximum absolute atomic E-state index is 4.29. The molecule has 2 heterocycles. The quantitative estimate of drug-likeness (QED) is 0.631. The fourth-order valence-electron chi connectivity index (χ4n) is 1.63. The summed E-state index contributed by atoms with van der Waals surface area (Å²) in [6.07, 6.45) is 7.60. The lowest BCUT2D eigenvalue weighted by molar-refractivity contribution is 0.293. The van der Waals surface area contributed by atoms with Crippen LogP contribution in [0, 0.1) is 0 Å². The van der Waals surface area contributed by atoms with Crippen molar-refractivity contribution in [3.05, 3.63) is 18.2 Å². The summed E-state index contributed by atoms with van der Waals surface area (Å²) in [4.78, 5) is 7.47. The molecule has 1 unspecified atom stereocenters. The van der Waals surface area contributed by atoms with Crippen molar-refractivity contribution in [1.29, 1.82) is 0 Å². The third-order valence-corrected chi connectivity index (χ3v) is 3.43. The topological polar surface area (TPSA) is 31.9 Å². The van der Waals surface area contributed by atoms with E-state index in [4.69, 9.17) is 0 Å². The van der Waals surface area contributed by atoms with E-state index in [9.17, 15) is 0 Å². The molecular weight excluding hydrogens is 265 g/mol. The highest BCUT2D eigenvalue weighted by Gasteiger charge is 2.23. The Kier molecular flexibility index (Phi) is 2.65. The molecule has 1 fully saturated rings. The molecule has 66 valence electrons. The molecule has 0 aliphatic carbocycles. The number of H-pyrrole nitrogens is 1. The molecule has 1 atom stereocenters. The second-order valence-electron chi connectivity index (χ2n) is 3.11. The Hall–Kier alpha value is -0.100. The van der Waals surface area contributed by atoms with Crippen LogP contribution >= 0.6 is 22.9 Å². The monoisotopic (exact) mass is 277 g/mol. The Morgan fingerprint density at radius 2 is 2.50 bits per heavy atom. The molecular formula is C8H12IN3. The molecule has 1 aromatic rings. The van der Waals surface area contributed by atoms with Crippen molar-refractivity contribution in [1.82, 2.24) is 13.1 Å². The van der Waals surface area contributed by atoms with Gasteiger partial charge >= 0.3 is 0 Å². The maximum atomic E-state index is 4.29. The number of aromatic nitrogens is 2. The zero-order chi connectivity index (χ0) is 8.39. The predicted octanol–water partition coefficient (Wildman–Crippen LogP) is 2.29. The molecule has 3 nitrogen and oxygen atoms in total. The largest absolute Gasteiger partial charge is 0.347 e. The number of imidazole rings is 1. The van der Waals surface area contributed by atoms with Gasteiger partial charge < -0.3 is 4.98 Å². The predicted molar refractivity (Wildman–Crippen MR) is 55.9 cm³/mol. The van der Waals surface area contributed by atoms with Crippen LogP contribution in [-0.4, -0.2) is 19.6 Å². The van der Waals surface area contributed by atoms with Gasteiger partial charge in [-0.05, 0) is 12.8 Å². The Morgan fingerprint density at radius 1 is 1.58 bits per heavy atom. The average molecular weight is 277 g/mol. The second-order valence-corrected chi connectivity index (χ2v) is 4.35. The van der Waals surface area contributed by atoms with Gasteiger partial charge in [-0.3, -0.25) is 0 Å². The first kappa shape index (κ1) is 8.50. The minimum atomic E-state index is 0.509. The zero-order valence-corrected chi connectivity index (χ0v) is 8.99. The number of hydrogen-bond donors (Lipinski definition) is 1. The number of aromatic amines is 1. The molecule has 1 aliphatic heterocycles. The van der Waals surface area contributed by atoms with Crippen LogP contribution in [-0.2, 0) is 0 Å². The van der Waals surface area contributed by atoms with Crippen LogP contribution in [0.2, 0.25) is 0 Å². The third kappa shape index (κ3) is 1.64. The van der Waals surface area contributed by atoms with E-state index in [1.54, 1.807) is 0 Å². The molecule has 1 N–H and O–H groups in total. The van der Waals surface area contributed by atoms with Gasteiger partial charge in [0.05, 0.1) is 6.04 Å². The van der Waals surface area contributed by atoms with Gasteiger partial charge in [-0.2, -0.15) is 0 Å². The van der Waals surface area contributed by atoms with Crippen molar-refractivity contribution in [3.63, 3.8) is 0 Å². The normalized spacial score (nSPS) is 25.9. The number of rotatable bonds is 1. The lowest BCUT2D eigenvalue weighted by atomic mass is 10.0. The van der Waals surface area contributed by atoms with Gasteiger partial charge in [-0.1, -0.05) is 6.42 Å². The summed E-state index contributed by atoms with van der Waals surface area (Å²) in [6.45, 7) is 1.19. The van der Waals surface area contributed by atoms with E-state index >= 15 is 0 Å². The van der Waals surface area contributed by atoms with Crippen LogP contribution in [0.25, 0.3) is 0 Å². The van der Waals surface area contributed by atoms with Gasteiger partial charge in [0.1, 0.15) is 5.82 Å². The molecule has 1 aromatic heterocycles. The average Bonchev–Trinajstić information content (AvgIpc) is 2.57. The van der Waals surface area contributed by atoms with Crippen LogP contribution in [0.15, 0.2) is 12.4 Å². The fraction of sp³-hybridized carbons (Fsp3) is 0.625. The summed E-state index contributed by atoms with van der Waals surface area (Å²) >= 11 is 2.39. The Labute approximate surface area is 86.1 Å². The number of nitrogens with one attached hydrogen (secondary N) is 1. The van der Waals surface area contributed by atoms with E-state index < -0.39 is 0 Å². The molecule has 12 heavy (non-hydrogen) atoms. The van der Waals surface area contributed by atoms with Crippen LogP contribution in [0.1, 0.15) is 31.1 Å². The fourth-order valence-corrected chi connectivity index (χ4v) is 2.51. The smallest absolute Gasteiger partial charge is 0.124 e. The lowest BCUT2D eigenvalue weighted by Crippen LogP contribution is -2.25. The molecule has 0 saturated carbocycles. The van der Waals surface area contributed by atoms with E-state index in [-0.39, 0.29) is 0 Å². The van der Waals surface area contributed by atoms with Crippen LogP contribution < -0.4 is 0 Å². The number of piperidine rings is 1. The number of halogens is 1. The summed E-state index contributed by atoms with van der Waals surface area (Å²) in [5.41, 5.74) is 0. The first-order valence-electron chi connectivity index (χ1n) is 4.29. The van der Waals surface area contributed by atoms with E-state index in [1.165, 1.54) is 25.8 Å². The van der Waals surface area contributed by atoms with Gasteiger partial charge in [-0.25, -0.2) is 8.10 Å². The Morgan fingerprint density at radius 3 is 3.17 bits per heavy atom. The van der Waals surface area contributed by atoms with Crippen molar-refractivity contribution in [2.75, 3.05) is 6.54 Å². The lowest BCUT2D eigenvalue weighted by Gasteiger charge is -2.28. The minimum Gasteiger partial charge on any atom is -0.347 e. The summed E-state index contributed by atoms with van der Waals surface area (Å²) in [5.74, 6) is 1.11. The zero-order valence-electron chi connectivity index (χ0n) is 6.83. The van der Waals surface area contributed by atoms with Gasteiger partial charge in [0.25, 0.3) is 0 Å². The van der Waals surface area contributed by atoms with E-state index in [2.05, 4.69) is 35.9 Å². The highest BCUT2D eigenvalue weighted by Crippen LogP contribution is 2.31. The van der Waals surface area contributed by atoms with E-state index in [0.717, 1.165) is 5.82 Å². The Bertz CT molecular complexity index is 234. The first-order chi connectivity index (χ1) is 5.88. The van der Waals surface area contributed by atoms with Crippen LogP contribution in [0.3, 0.4) is 0 Å². The molecule has 2 rings (SSSR count). The minimum absolute atomic E-state index is 0.509. The van der Waals surface area contributed by atoms with E-state index in [0.29, 0.717) is 6.04 Å². The SMILES string of the molecule is IN1CCCCC1c1ncc[nH]1. The van der Waals surface area contributed by atoms with Crippen molar-refractivity contribution in [3.8, 4) is 0 Å². The number of nitrogens with zero attached hydrogens (tertiary/aromatic N) is 2. The molecule has 0 amide bonds. The highest BCUT2D eigenvalue weighted by atomic mass is 127. The van der Waals surface area contributed by atoms with Crippen molar-refractivity contribution < 1.29 is 0 Å². The van der Waals surface area contributed by atoms with Crippen molar-refractivity contribution in [2.45, 2.75) is 25.3 Å². The van der Waals surface area contributed by atoms with Crippen LogP contribution in [0.5, 0.6) is 0 Å². The number of hydrogen-bond acceptors (Lipinski definition) is 2. The van der Waals surface area contributed by atoms with Gasteiger partial charge in [0, 0.05) is 41.8 Å². The molecule has 1 saturated heterocycles. The van der Waals surface area contributed by atoms with Gasteiger partial charge in [-0.15, -0.1) is 0 Å². The summed E-state index contributed by atoms with van der Waals surface area (Å²) in [6, 6.07) is 0.509. The van der Waals surface area contributed by atoms with Gasteiger partial charge in [0.2, 0.25) is 0 Å². The maximum Gasteiger partial charge on any atom is 0.124 e. The summed E-state index contributed by atoms with van der Waals surface area (Å²) in [5, 5.41) is 0. The third-order valence-electron chi connectivity index (χ3n) is 2.27. The molecule has 0 radical (unpaired) electrons. The first-order valence-corrected chi connectivity index (χ1v) is 5.26. The molecule has 0 aromatic carbocycles. The van der Waals surface area contributed by atoms with Crippen molar-refractivity contribution in [2.24, 2.45) is 0 Å². The highest BCUT2D eigenvalue weighted by molar-refractivity contribution is 14.1. The Balaban J connectivity index is 2.11. The summed E-state index contributed by atoms with van der Waals surface area (Å²) in [7, 11) is 0. The van der Waals surface area contributed by atoms with Gasteiger partial charge in [0.15, 0.2) is 0 Å². The molecule has 1 aliphatic rings. The standard InChI is InChI=1S/C8H12IN3/c9-12-6-2-1-3-7(12)8-10-4-5-11-8/h4-5,7H,1-3,6H2,(H,10,11).